The topological polar surface area (TPSA) is 101 Å². The Balaban J connectivity index is 0.000000429. The summed E-state index contributed by atoms with van der Waals surface area (Å²) in [7, 11) is -0.742. The SMILES string of the molecule is C=C1CC[C@@]2(O)[C@H]3Cc4ccc(O)c5c4[C@@]2(CC[N+]3(C)CC2CC2)[C@H]1O5.O=S(=O)=O.[CH3-]. The van der Waals surface area contributed by atoms with Gasteiger partial charge in [-0.1, -0.05) is 12.6 Å². The number of phenols is 1. The Hall–Kier alpha value is -1.90. The lowest BCUT2D eigenvalue weighted by Gasteiger charge is -2.65. The third kappa shape index (κ3) is 2.91. The molecule has 170 valence electrons. The maximum atomic E-state index is 12.3. The molecule has 0 aromatic heterocycles. The number of rotatable bonds is 2. The molecular formula is C23H31NO6S. The smallest absolute Gasteiger partial charge is 0.425 e. The Bertz CT molecular complexity index is 1040. The van der Waals surface area contributed by atoms with E-state index in [1.807, 2.05) is 0 Å². The number of aliphatic hydroxyl groups is 1. The highest BCUT2D eigenvalue weighted by Crippen LogP contribution is 2.67. The molecule has 1 spiro atoms. The van der Waals surface area contributed by atoms with Crippen LogP contribution in [0.15, 0.2) is 24.3 Å². The van der Waals surface area contributed by atoms with Crippen molar-refractivity contribution in [3.05, 3.63) is 42.8 Å². The van der Waals surface area contributed by atoms with E-state index < -0.39 is 21.6 Å². The number of quaternary nitrogens is 1. The molecule has 2 aliphatic heterocycles. The van der Waals surface area contributed by atoms with Crippen molar-refractivity contribution in [2.45, 2.75) is 61.7 Å². The molecule has 3 fully saturated rings. The number of aromatic hydroxyl groups is 1. The highest BCUT2D eigenvalue weighted by Gasteiger charge is 2.75. The van der Waals surface area contributed by atoms with Gasteiger partial charge in [-0.15, -0.1) is 12.6 Å². The number of likely N-dealkylation sites (tertiary alicyclic amines) is 1. The minimum Gasteiger partial charge on any atom is -0.504 e. The van der Waals surface area contributed by atoms with Crippen LogP contribution in [0.4, 0.5) is 0 Å². The van der Waals surface area contributed by atoms with E-state index in [0.717, 1.165) is 53.8 Å². The quantitative estimate of drug-likeness (QED) is 0.407. The van der Waals surface area contributed by atoms with Gasteiger partial charge >= 0.3 is 10.6 Å². The summed E-state index contributed by atoms with van der Waals surface area (Å²) in [6.07, 6.45) is 5.88. The zero-order chi connectivity index (χ0) is 21.5. The van der Waals surface area contributed by atoms with E-state index in [-0.39, 0.29) is 25.3 Å². The van der Waals surface area contributed by atoms with Gasteiger partial charge in [0, 0.05) is 24.3 Å². The van der Waals surface area contributed by atoms with Gasteiger partial charge in [-0.3, -0.25) is 0 Å². The summed E-state index contributed by atoms with van der Waals surface area (Å²) < 4.78 is 32.6. The van der Waals surface area contributed by atoms with Crippen molar-refractivity contribution in [2.24, 2.45) is 5.92 Å². The molecular weight excluding hydrogens is 418 g/mol. The monoisotopic (exact) mass is 449 g/mol. The van der Waals surface area contributed by atoms with E-state index in [2.05, 4.69) is 19.7 Å². The van der Waals surface area contributed by atoms with Crippen LogP contribution >= 0.6 is 0 Å². The molecule has 0 amide bonds. The summed E-state index contributed by atoms with van der Waals surface area (Å²) in [5.41, 5.74) is 2.25. The van der Waals surface area contributed by atoms with Gasteiger partial charge in [0.15, 0.2) is 11.5 Å². The van der Waals surface area contributed by atoms with Crippen molar-refractivity contribution in [3.63, 3.8) is 0 Å². The second-order valence-electron chi connectivity index (χ2n) is 10.0. The van der Waals surface area contributed by atoms with Gasteiger partial charge < -0.3 is 26.9 Å². The zero-order valence-corrected chi connectivity index (χ0v) is 19.0. The fourth-order valence-electron chi connectivity index (χ4n) is 7.07. The van der Waals surface area contributed by atoms with Crippen LogP contribution in [0.25, 0.3) is 0 Å². The third-order valence-corrected chi connectivity index (χ3v) is 8.43. The lowest BCUT2D eigenvalue weighted by atomic mass is 9.48. The van der Waals surface area contributed by atoms with Crippen LogP contribution in [0.5, 0.6) is 11.5 Å². The number of likely N-dealkylation sites (N-methyl/N-ethyl adjacent to an activating group) is 1. The highest BCUT2D eigenvalue weighted by atomic mass is 32.2. The lowest BCUT2D eigenvalue weighted by Crippen LogP contribution is -2.80. The van der Waals surface area contributed by atoms with Crippen molar-refractivity contribution < 1.29 is 32.1 Å². The zero-order valence-electron chi connectivity index (χ0n) is 18.1. The van der Waals surface area contributed by atoms with Crippen LogP contribution < -0.4 is 4.74 Å². The third-order valence-electron chi connectivity index (χ3n) is 8.43. The molecule has 0 radical (unpaired) electrons. The molecule has 1 saturated heterocycles. The summed E-state index contributed by atoms with van der Waals surface area (Å²) in [5.74, 6) is 1.66. The molecule has 31 heavy (non-hydrogen) atoms. The first-order valence-corrected chi connectivity index (χ1v) is 11.7. The summed E-state index contributed by atoms with van der Waals surface area (Å²) in [6.45, 7) is 6.57. The Labute approximate surface area is 185 Å². The molecule has 3 aliphatic carbocycles. The minimum absolute atomic E-state index is 0. The van der Waals surface area contributed by atoms with Crippen molar-refractivity contribution in [2.75, 3.05) is 20.1 Å². The van der Waals surface area contributed by atoms with Crippen LogP contribution in [-0.2, 0) is 22.4 Å². The van der Waals surface area contributed by atoms with E-state index >= 15 is 0 Å². The predicted octanol–water partition coefficient (Wildman–Crippen LogP) is 2.10. The van der Waals surface area contributed by atoms with Gasteiger partial charge in [0.25, 0.3) is 0 Å². The second-order valence-corrected chi connectivity index (χ2v) is 10.4. The van der Waals surface area contributed by atoms with Crippen LogP contribution in [0.1, 0.15) is 43.2 Å². The number of hydrogen-bond donors (Lipinski definition) is 2. The number of piperidine rings is 1. The van der Waals surface area contributed by atoms with Gasteiger partial charge in [0.2, 0.25) is 0 Å². The van der Waals surface area contributed by atoms with E-state index in [0.29, 0.717) is 5.75 Å². The maximum absolute atomic E-state index is 12.3. The van der Waals surface area contributed by atoms with Crippen molar-refractivity contribution in [3.8, 4) is 11.5 Å². The number of ether oxygens (including phenoxy) is 1. The first kappa shape index (κ1) is 22.3. The second kappa shape index (κ2) is 7.05. The minimum atomic E-state index is -3.11. The summed E-state index contributed by atoms with van der Waals surface area (Å²) >= 11 is 0. The fourth-order valence-corrected chi connectivity index (χ4v) is 7.07. The first-order valence-electron chi connectivity index (χ1n) is 10.7. The number of benzene rings is 1. The Kier molecular flexibility index (Phi) is 5.07. The molecule has 1 unspecified atom stereocenters. The Morgan fingerprint density at radius 2 is 1.94 bits per heavy atom. The van der Waals surface area contributed by atoms with E-state index in [9.17, 15) is 10.2 Å². The predicted molar refractivity (Wildman–Crippen MR) is 114 cm³/mol. The summed E-state index contributed by atoms with van der Waals surface area (Å²) in [5, 5.41) is 22.7. The molecule has 8 heteroatoms. The molecule has 1 aromatic rings. The van der Waals surface area contributed by atoms with E-state index in [1.54, 1.807) is 6.07 Å². The fraction of sp³-hybridized carbons (Fsp3) is 0.609. The van der Waals surface area contributed by atoms with E-state index in [1.165, 1.54) is 24.9 Å². The van der Waals surface area contributed by atoms with Gasteiger partial charge in [0.05, 0.1) is 25.6 Å². The molecule has 2 heterocycles. The molecule has 7 nitrogen and oxygen atoms in total. The van der Waals surface area contributed by atoms with Gasteiger partial charge in [-0.25, -0.2) is 0 Å². The van der Waals surface area contributed by atoms with Crippen molar-refractivity contribution >= 4 is 10.6 Å². The lowest BCUT2D eigenvalue weighted by molar-refractivity contribution is -0.950. The molecule has 2 N–H and O–H groups in total. The molecule has 5 aliphatic rings. The van der Waals surface area contributed by atoms with Crippen molar-refractivity contribution in [1.82, 2.24) is 0 Å². The first-order chi connectivity index (χ1) is 14.1. The normalized spacial score (nSPS) is 38.7. The number of hydrogen-bond acceptors (Lipinski definition) is 6. The average Bonchev–Trinajstić information content (AvgIpc) is 3.39. The molecule has 2 saturated carbocycles. The molecule has 2 bridgehead atoms. The Morgan fingerprint density at radius 3 is 2.58 bits per heavy atom. The van der Waals surface area contributed by atoms with Crippen LogP contribution in [0.2, 0.25) is 0 Å². The standard InChI is InChI=1S/C22H27NO3.CH3.O3S/c1-13-7-8-22(25)17-11-15-5-6-16(24)19-18(15)21(22,20(13)26-19)9-10-23(17,2)12-14-3-4-14;;1-4(2)3/h5-6,14,17,20,25H,1,3-4,7-12H2,2H3;1H3;/q;-1;/p+1/t17-,20+,21+,22-,23?;;/m1../s1. The molecule has 5 atom stereocenters. The average molecular weight is 450 g/mol. The molecule has 1 aromatic carbocycles. The van der Waals surface area contributed by atoms with Gasteiger partial charge in [-0.2, -0.15) is 0 Å². The van der Waals surface area contributed by atoms with Crippen molar-refractivity contribution in [1.29, 1.82) is 0 Å². The summed E-state index contributed by atoms with van der Waals surface area (Å²) in [6, 6.07) is 4.05. The largest absolute Gasteiger partial charge is 0.504 e. The number of phenolic OH excluding ortho intramolecular Hbond substituents is 1. The van der Waals surface area contributed by atoms with E-state index in [4.69, 9.17) is 17.4 Å². The Morgan fingerprint density at radius 1 is 1.26 bits per heavy atom. The van der Waals surface area contributed by atoms with Crippen LogP contribution in [0.3, 0.4) is 0 Å². The van der Waals surface area contributed by atoms with Gasteiger partial charge in [0.1, 0.15) is 17.7 Å². The highest BCUT2D eigenvalue weighted by molar-refractivity contribution is 7.59. The molecule has 6 rings (SSSR count). The summed E-state index contributed by atoms with van der Waals surface area (Å²) in [4.78, 5) is 0. The van der Waals surface area contributed by atoms with Crippen LogP contribution in [0, 0.1) is 13.3 Å². The van der Waals surface area contributed by atoms with Gasteiger partial charge in [-0.05, 0) is 42.9 Å². The van der Waals surface area contributed by atoms with Crippen LogP contribution in [-0.4, -0.2) is 65.2 Å². The maximum Gasteiger partial charge on any atom is 0.425 e. The number of nitrogens with zero attached hydrogens (tertiary/aromatic N) is 1.